The number of thioether (sulfide) groups is 1. The minimum absolute atomic E-state index is 0.173. The van der Waals surface area contributed by atoms with E-state index in [1.54, 1.807) is 0 Å². The summed E-state index contributed by atoms with van der Waals surface area (Å²) in [5.41, 5.74) is 2.72. The van der Waals surface area contributed by atoms with E-state index in [1.807, 2.05) is 16.5 Å². The lowest BCUT2D eigenvalue weighted by molar-refractivity contribution is -0.132. The first-order valence-electron chi connectivity index (χ1n) is 10.6. The van der Waals surface area contributed by atoms with Crippen LogP contribution in [-0.4, -0.2) is 67.3 Å². The van der Waals surface area contributed by atoms with Gasteiger partial charge in [-0.25, -0.2) is 4.68 Å². The van der Waals surface area contributed by atoms with Crippen LogP contribution in [0.15, 0.2) is 29.4 Å². The normalized spacial score (nSPS) is 19.0. The number of rotatable bonds is 7. The van der Waals surface area contributed by atoms with Crippen molar-refractivity contribution in [2.75, 3.05) is 26.2 Å². The van der Waals surface area contributed by atoms with Crippen LogP contribution >= 0.6 is 11.8 Å². The van der Waals surface area contributed by atoms with Gasteiger partial charge in [-0.2, -0.15) is 0 Å². The standard InChI is InChI=1S/C21H30N6OS/c1-15(2)18-6-4-17(5-7-18)14-25-10-12-26(13-11-25)20(28)16(3)29-21-22-23-24-27(21)19-8-9-19/h4-7,15-16,19H,8-14H2,1-3H3. The molecule has 2 fully saturated rings. The molecule has 1 atom stereocenters. The minimum atomic E-state index is -0.173. The Kier molecular flexibility index (Phi) is 6.20. The van der Waals surface area contributed by atoms with Gasteiger partial charge in [0.25, 0.3) is 0 Å². The number of tetrazole rings is 1. The van der Waals surface area contributed by atoms with Crippen LogP contribution in [0.5, 0.6) is 0 Å². The second-order valence-electron chi connectivity index (χ2n) is 8.39. The summed E-state index contributed by atoms with van der Waals surface area (Å²) in [5.74, 6) is 0.744. The summed E-state index contributed by atoms with van der Waals surface area (Å²) in [6.45, 7) is 10.7. The first-order chi connectivity index (χ1) is 14.0. The van der Waals surface area contributed by atoms with Crippen LogP contribution in [-0.2, 0) is 11.3 Å². The van der Waals surface area contributed by atoms with Gasteiger partial charge in [0, 0.05) is 32.7 Å². The lowest BCUT2D eigenvalue weighted by atomic mass is 10.0. The van der Waals surface area contributed by atoms with Crippen LogP contribution in [0.3, 0.4) is 0 Å². The fraction of sp³-hybridized carbons (Fsp3) is 0.619. The number of hydrogen-bond acceptors (Lipinski definition) is 6. The molecule has 29 heavy (non-hydrogen) atoms. The maximum Gasteiger partial charge on any atom is 0.235 e. The van der Waals surface area contributed by atoms with Gasteiger partial charge in [0.15, 0.2) is 0 Å². The van der Waals surface area contributed by atoms with Gasteiger partial charge in [0.05, 0.1) is 11.3 Å². The summed E-state index contributed by atoms with van der Waals surface area (Å²) >= 11 is 1.48. The quantitative estimate of drug-likeness (QED) is 0.649. The maximum absolute atomic E-state index is 12.9. The largest absolute Gasteiger partial charge is 0.339 e. The van der Waals surface area contributed by atoms with E-state index in [9.17, 15) is 4.79 Å². The number of hydrogen-bond donors (Lipinski definition) is 0. The summed E-state index contributed by atoms with van der Waals surface area (Å²) in [4.78, 5) is 17.3. The first kappa shape index (κ1) is 20.3. The molecule has 156 valence electrons. The molecule has 0 spiro atoms. The van der Waals surface area contributed by atoms with Crippen molar-refractivity contribution in [2.45, 2.75) is 62.5 Å². The molecule has 1 unspecified atom stereocenters. The monoisotopic (exact) mass is 414 g/mol. The Hall–Kier alpha value is -1.93. The molecule has 0 radical (unpaired) electrons. The van der Waals surface area contributed by atoms with Crippen molar-refractivity contribution in [3.8, 4) is 0 Å². The molecule has 2 aliphatic rings. The molecule has 0 N–H and O–H groups in total. The van der Waals surface area contributed by atoms with Crippen LogP contribution in [0.2, 0.25) is 0 Å². The SMILES string of the molecule is CC(Sc1nnnn1C1CC1)C(=O)N1CCN(Cc2ccc(C(C)C)cc2)CC1. The predicted octanol–water partition coefficient (Wildman–Crippen LogP) is 2.96. The van der Waals surface area contributed by atoms with Gasteiger partial charge >= 0.3 is 0 Å². The Morgan fingerprint density at radius 2 is 1.79 bits per heavy atom. The first-order valence-corrected chi connectivity index (χ1v) is 11.4. The predicted molar refractivity (Wildman–Crippen MR) is 114 cm³/mol. The molecule has 8 heteroatoms. The van der Waals surface area contributed by atoms with Gasteiger partial charge in [-0.1, -0.05) is 49.9 Å². The van der Waals surface area contributed by atoms with Gasteiger partial charge in [-0.3, -0.25) is 9.69 Å². The highest BCUT2D eigenvalue weighted by molar-refractivity contribution is 8.00. The third-order valence-electron chi connectivity index (χ3n) is 5.72. The van der Waals surface area contributed by atoms with Crippen LogP contribution in [0.4, 0.5) is 0 Å². The molecule has 1 aromatic carbocycles. The van der Waals surface area contributed by atoms with Crippen molar-refractivity contribution in [3.63, 3.8) is 0 Å². The average Bonchev–Trinajstić information content (AvgIpc) is 3.47. The zero-order chi connectivity index (χ0) is 20.4. The van der Waals surface area contributed by atoms with Crippen molar-refractivity contribution in [1.82, 2.24) is 30.0 Å². The fourth-order valence-corrected chi connectivity index (χ4v) is 4.61. The van der Waals surface area contributed by atoms with E-state index in [4.69, 9.17) is 0 Å². The molecule has 4 rings (SSSR count). The Balaban J connectivity index is 1.26. The second kappa shape index (κ2) is 8.83. The third kappa shape index (κ3) is 4.98. The minimum Gasteiger partial charge on any atom is -0.339 e. The lowest BCUT2D eigenvalue weighted by Crippen LogP contribution is -2.50. The zero-order valence-corrected chi connectivity index (χ0v) is 18.3. The highest BCUT2D eigenvalue weighted by atomic mass is 32.2. The smallest absolute Gasteiger partial charge is 0.235 e. The van der Waals surface area contributed by atoms with Crippen LogP contribution in [0.25, 0.3) is 0 Å². The molecule has 1 aliphatic carbocycles. The summed E-state index contributed by atoms with van der Waals surface area (Å²) < 4.78 is 1.87. The number of carbonyl (C=O) groups excluding carboxylic acids is 1. The van der Waals surface area contributed by atoms with E-state index >= 15 is 0 Å². The van der Waals surface area contributed by atoms with Crippen molar-refractivity contribution >= 4 is 17.7 Å². The summed E-state index contributed by atoms with van der Waals surface area (Å²) in [5, 5.41) is 12.5. The summed E-state index contributed by atoms with van der Waals surface area (Å²) in [7, 11) is 0. The van der Waals surface area contributed by atoms with E-state index in [1.165, 1.54) is 22.9 Å². The summed E-state index contributed by atoms with van der Waals surface area (Å²) in [6.07, 6.45) is 2.26. The lowest BCUT2D eigenvalue weighted by Gasteiger charge is -2.35. The van der Waals surface area contributed by atoms with Gasteiger partial charge in [-0.05, 0) is 47.2 Å². The van der Waals surface area contributed by atoms with Crippen LogP contribution in [0, 0.1) is 0 Å². The highest BCUT2D eigenvalue weighted by Crippen LogP contribution is 2.37. The van der Waals surface area contributed by atoms with E-state index < -0.39 is 0 Å². The van der Waals surface area contributed by atoms with Crippen LogP contribution in [0.1, 0.15) is 56.7 Å². The molecular weight excluding hydrogens is 384 g/mol. The molecular formula is C21H30N6OS. The number of carbonyl (C=O) groups is 1. The van der Waals surface area contributed by atoms with Crippen LogP contribution < -0.4 is 0 Å². The van der Waals surface area contributed by atoms with E-state index in [0.29, 0.717) is 12.0 Å². The molecule has 1 saturated carbocycles. The highest BCUT2D eigenvalue weighted by Gasteiger charge is 2.31. The van der Waals surface area contributed by atoms with E-state index in [0.717, 1.165) is 50.7 Å². The van der Waals surface area contributed by atoms with Crippen molar-refractivity contribution in [2.24, 2.45) is 0 Å². The maximum atomic E-state index is 12.9. The zero-order valence-electron chi connectivity index (χ0n) is 17.5. The number of aromatic nitrogens is 4. The van der Waals surface area contributed by atoms with Crippen molar-refractivity contribution in [3.05, 3.63) is 35.4 Å². The Bertz CT molecular complexity index is 824. The molecule has 1 aliphatic heterocycles. The molecule has 2 aromatic rings. The number of piperazine rings is 1. The third-order valence-corrected chi connectivity index (χ3v) is 6.76. The van der Waals surface area contributed by atoms with Gasteiger partial charge in [0.2, 0.25) is 11.1 Å². The fourth-order valence-electron chi connectivity index (χ4n) is 3.67. The molecule has 1 aromatic heterocycles. The molecule has 0 bridgehead atoms. The van der Waals surface area contributed by atoms with Crippen molar-refractivity contribution in [1.29, 1.82) is 0 Å². The Morgan fingerprint density at radius 1 is 1.10 bits per heavy atom. The topological polar surface area (TPSA) is 67.2 Å². The number of nitrogens with zero attached hydrogens (tertiary/aromatic N) is 6. The molecule has 1 saturated heterocycles. The Labute approximate surface area is 176 Å². The van der Waals surface area contributed by atoms with Gasteiger partial charge in [0.1, 0.15) is 0 Å². The molecule has 2 heterocycles. The van der Waals surface area contributed by atoms with Gasteiger partial charge < -0.3 is 4.90 Å². The van der Waals surface area contributed by atoms with E-state index in [2.05, 4.69) is 58.5 Å². The molecule has 7 nitrogen and oxygen atoms in total. The average molecular weight is 415 g/mol. The summed E-state index contributed by atoms with van der Waals surface area (Å²) in [6, 6.07) is 9.35. The number of amides is 1. The molecule has 1 amide bonds. The second-order valence-corrected chi connectivity index (χ2v) is 9.70. The van der Waals surface area contributed by atoms with Crippen molar-refractivity contribution < 1.29 is 4.79 Å². The Morgan fingerprint density at radius 3 is 2.41 bits per heavy atom. The van der Waals surface area contributed by atoms with Gasteiger partial charge in [-0.15, -0.1) is 5.10 Å². The number of benzene rings is 1. The van der Waals surface area contributed by atoms with E-state index in [-0.39, 0.29) is 11.2 Å².